The number of hydrogen-bond donors (Lipinski definition) is 2. The highest BCUT2D eigenvalue weighted by molar-refractivity contribution is 5.95. The summed E-state index contributed by atoms with van der Waals surface area (Å²) in [5, 5.41) is 5.53. The Morgan fingerprint density at radius 1 is 1.22 bits per heavy atom. The highest BCUT2D eigenvalue weighted by Gasteiger charge is 2.34. The number of amides is 2. The lowest BCUT2D eigenvalue weighted by Gasteiger charge is -2.35. The molecule has 7 nitrogen and oxygen atoms in total. The monoisotopic (exact) mass is 376 g/mol. The molecule has 8 heteroatoms. The largest absolute Gasteiger partial charge is 0.463 e. The number of esters is 1. The second kappa shape index (κ2) is 8.49. The van der Waals surface area contributed by atoms with E-state index in [1.165, 1.54) is 12.1 Å². The zero-order valence-corrected chi connectivity index (χ0v) is 15.6. The molecule has 2 heterocycles. The van der Waals surface area contributed by atoms with Gasteiger partial charge >= 0.3 is 12.0 Å². The quantitative estimate of drug-likeness (QED) is 0.757. The van der Waals surface area contributed by atoms with Crippen LogP contribution in [0.4, 0.5) is 9.18 Å². The summed E-state index contributed by atoms with van der Waals surface area (Å²) in [5.41, 5.74) is 1.53. The molecule has 2 aliphatic rings. The van der Waals surface area contributed by atoms with Crippen molar-refractivity contribution in [2.24, 2.45) is 0 Å². The topological polar surface area (TPSA) is 73.9 Å². The lowest BCUT2D eigenvalue weighted by molar-refractivity contribution is -0.139. The molecule has 0 bridgehead atoms. The van der Waals surface area contributed by atoms with Crippen LogP contribution in [0.1, 0.15) is 18.5 Å². The van der Waals surface area contributed by atoms with Gasteiger partial charge in [-0.15, -0.1) is 0 Å². The maximum Gasteiger partial charge on any atom is 0.338 e. The van der Waals surface area contributed by atoms with Gasteiger partial charge in [-0.25, -0.2) is 14.0 Å². The number of ether oxygens (including phenoxy) is 1. The van der Waals surface area contributed by atoms with Crippen LogP contribution in [-0.2, 0) is 9.53 Å². The van der Waals surface area contributed by atoms with Crippen molar-refractivity contribution >= 4 is 12.0 Å². The standard InChI is InChI=1S/C19H25FN4O3/c1-3-27-18(25)16-15(12-24-10-8-23(2)9-11-24)21-19(26)22-17(16)13-4-6-14(20)7-5-13/h4-7,17H,3,8-12H2,1-2H3,(H2,21,22,26)/t17-/m0/s1. The maximum absolute atomic E-state index is 13.3. The van der Waals surface area contributed by atoms with E-state index in [1.54, 1.807) is 19.1 Å². The van der Waals surface area contributed by atoms with E-state index in [2.05, 4.69) is 27.5 Å². The summed E-state index contributed by atoms with van der Waals surface area (Å²) in [7, 11) is 2.07. The van der Waals surface area contributed by atoms with Gasteiger partial charge in [0, 0.05) is 38.4 Å². The molecule has 2 aliphatic heterocycles. The van der Waals surface area contributed by atoms with Crippen molar-refractivity contribution in [1.82, 2.24) is 20.4 Å². The average Bonchev–Trinajstić information content (AvgIpc) is 2.64. The average molecular weight is 376 g/mol. The van der Waals surface area contributed by atoms with Crippen LogP contribution in [0.3, 0.4) is 0 Å². The minimum Gasteiger partial charge on any atom is -0.463 e. The van der Waals surface area contributed by atoms with Gasteiger partial charge < -0.3 is 20.3 Å². The highest BCUT2D eigenvalue weighted by atomic mass is 19.1. The van der Waals surface area contributed by atoms with Crippen LogP contribution in [-0.4, -0.2) is 68.2 Å². The van der Waals surface area contributed by atoms with Crippen LogP contribution in [0.15, 0.2) is 35.5 Å². The number of carbonyl (C=O) groups excluding carboxylic acids is 2. The Labute approximate surface area is 158 Å². The molecule has 1 atom stereocenters. The molecule has 1 aromatic carbocycles. The lowest BCUT2D eigenvalue weighted by Crippen LogP contribution is -2.51. The number of carbonyl (C=O) groups is 2. The molecule has 146 valence electrons. The van der Waals surface area contributed by atoms with E-state index in [1.807, 2.05) is 0 Å². The second-order valence-corrected chi connectivity index (χ2v) is 6.78. The molecule has 1 aromatic rings. The highest BCUT2D eigenvalue weighted by Crippen LogP contribution is 2.28. The van der Waals surface area contributed by atoms with Crippen molar-refractivity contribution in [2.45, 2.75) is 13.0 Å². The molecular weight excluding hydrogens is 351 g/mol. The summed E-state index contributed by atoms with van der Waals surface area (Å²) in [6.07, 6.45) is 0. The molecule has 2 amide bonds. The molecule has 0 unspecified atom stereocenters. The Balaban J connectivity index is 1.94. The van der Waals surface area contributed by atoms with Crippen molar-refractivity contribution < 1.29 is 18.7 Å². The fraction of sp³-hybridized carbons (Fsp3) is 0.474. The van der Waals surface area contributed by atoms with E-state index in [4.69, 9.17) is 4.74 Å². The Hall–Kier alpha value is -2.45. The third-order valence-corrected chi connectivity index (χ3v) is 4.83. The minimum absolute atomic E-state index is 0.230. The summed E-state index contributed by atoms with van der Waals surface area (Å²) >= 11 is 0. The summed E-state index contributed by atoms with van der Waals surface area (Å²) in [6.45, 7) is 5.97. The van der Waals surface area contributed by atoms with Crippen molar-refractivity contribution in [3.63, 3.8) is 0 Å². The normalized spacial score (nSPS) is 21.6. The summed E-state index contributed by atoms with van der Waals surface area (Å²) in [4.78, 5) is 29.4. The van der Waals surface area contributed by atoms with Gasteiger partial charge in [-0.2, -0.15) is 0 Å². The third-order valence-electron chi connectivity index (χ3n) is 4.83. The van der Waals surface area contributed by atoms with Crippen LogP contribution >= 0.6 is 0 Å². The molecule has 0 saturated carbocycles. The molecule has 1 fully saturated rings. The zero-order chi connectivity index (χ0) is 19.4. The lowest BCUT2D eigenvalue weighted by atomic mass is 9.95. The van der Waals surface area contributed by atoms with Gasteiger partial charge in [0.05, 0.1) is 18.2 Å². The molecule has 2 N–H and O–H groups in total. The van der Waals surface area contributed by atoms with Crippen molar-refractivity contribution in [2.75, 3.05) is 46.4 Å². The minimum atomic E-state index is -0.680. The van der Waals surface area contributed by atoms with Gasteiger partial charge in [-0.3, -0.25) is 4.90 Å². The fourth-order valence-electron chi connectivity index (χ4n) is 3.33. The molecule has 1 saturated heterocycles. The van der Waals surface area contributed by atoms with E-state index in [0.29, 0.717) is 23.4 Å². The molecule has 3 rings (SSSR count). The van der Waals surface area contributed by atoms with Crippen molar-refractivity contribution in [1.29, 1.82) is 0 Å². The number of urea groups is 1. The summed E-state index contributed by atoms with van der Waals surface area (Å²) in [6, 6.07) is 4.69. The zero-order valence-electron chi connectivity index (χ0n) is 15.6. The van der Waals surface area contributed by atoms with Gasteiger partial charge in [0.2, 0.25) is 0 Å². The van der Waals surface area contributed by atoms with Gasteiger partial charge in [-0.05, 0) is 31.7 Å². The van der Waals surface area contributed by atoms with Crippen LogP contribution < -0.4 is 10.6 Å². The van der Waals surface area contributed by atoms with Gasteiger partial charge in [0.15, 0.2) is 0 Å². The Kier molecular flexibility index (Phi) is 6.08. The predicted molar refractivity (Wildman–Crippen MR) is 98.4 cm³/mol. The SMILES string of the molecule is CCOC(=O)C1=C(CN2CCN(C)CC2)NC(=O)N[C@H]1c1ccc(F)cc1. The molecule has 0 radical (unpaired) electrons. The number of likely N-dealkylation sites (N-methyl/N-ethyl adjacent to an activating group) is 1. The fourth-order valence-corrected chi connectivity index (χ4v) is 3.33. The third kappa shape index (κ3) is 4.64. The Bertz CT molecular complexity index is 727. The maximum atomic E-state index is 13.3. The van der Waals surface area contributed by atoms with Crippen LogP contribution in [0.2, 0.25) is 0 Å². The molecule has 0 aliphatic carbocycles. The number of rotatable bonds is 5. The number of benzene rings is 1. The van der Waals surface area contributed by atoms with Crippen molar-refractivity contribution in [3.05, 3.63) is 46.9 Å². The van der Waals surface area contributed by atoms with E-state index < -0.39 is 12.0 Å². The number of nitrogens with one attached hydrogen (secondary N) is 2. The first-order chi connectivity index (χ1) is 13.0. The summed E-state index contributed by atoms with van der Waals surface area (Å²) in [5.74, 6) is -0.859. The van der Waals surface area contributed by atoms with Crippen molar-refractivity contribution in [3.8, 4) is 0 Å². The number of halogens is 1. The first-order valence-electron chi connectivity index (χ1n) is 9.12. The van der Waals surface area contributed by atoms with E-state index in [0.717, 1.165) is 26.2 Å². The molecular formula is C19H25FN4O3. The van der Waals surface area contributed by atoms with Crippen LogP contribution in [0.5, 0.6) is 0 Å². The number of hydrogen-bond acceptors (Lipinski definition) is 5. The predicted octanol–water partition coefficient (Wildman–Crippen LogP) is 1.24. The smallest absolute Gasteiger partial charge is 0.338 e. The Morgan fingerprint density at radius 3 is 2.52 bits per heavy atom. The van der Waals surface area contributed by atoms with E-state index in [9.17, 15) is 14.0 Å². The van der Waals surface area contributed by atoms with Crippen LogP contribution in [0.25, 0.3) is 0 Å². The Morgan fingerprint density at radius 2 is 1.89 bits per heavy atom. The van der Waals surface area contributed by atoms with E-state index >= 15 is 0 Å². The molecule has 27 heavy (non-hydrogen) atoms. The van der Waals surface area contributed by atoms with Gasteiger partial charge in [0.25, 0.3) is 0 Å². The number of piperazine rings is 1. The first kappa shape index (κ1) is 19.3. The van der Waals surface area contributed by atoms with Gasteiger partial charge in [-0.1, -0.05) is 12.1 Å². The summed E-state index contributed by atoms with van der Waals surface area (Å²) < 4.78 is 18.5. The first-order valence-corrected chi connectivity index (χ1v) is 9.12. The van der Waals surface area contributed by atoms with E-state index in [-0.39, 0.29) is 18.5 Å². The van der Waals surface area contributed by atoms with Crippen LogP contribution in [0, 0.1) is 5.82 Å². The molecule has 0 spiro atoms. The van der Waals surface area contributed by atoms with Gasteiger partial charge in [0.1, 0.15) is 5.82 Å². The second-order valence-electron chi connectivity index (χ2n) is 6.78. The molecule has 0 aromatic heterocycles. The number of nitrogens with zero attached hydrogens (tertiary/aromatic N) is 2.